The fraction of sp³-hybridized carbons (Fsp3) is 0.286. The van der Waals surface area contributed by atoms with Gasteiger partial charge in [-0.05, 0) is 30.2 Å². The largest absolute Gasteiger partial charge is 0.271 e. The second-order valence-corrected chi connectivity index (χ2v) is 6.58. The molecule has 0 spiro atoms. The van der Waals surface area contributed by atoms with E-state index in [1.54, 1.807) is 17.5 Å². The second kappa shape index (κ2) is 4.94. The van der Waals surface area contributed by atoms with E-state index < -0.39 is 0 Å². The van der Waals surface area contributed by atoms with Gasteiger partial charge in [-0.1, -0.05) is 25.4 Å². The van der Waals surface area contributed by atoms with Crippen LogP contribution in [0.2, 0.25) is 4.34 Å². The first-order chi connectivity index (χ1) is 9.15. The van der Waals surface area contributed by atoms with Crippen LogP contribution in [0.3, 0.4) is 0 Å². The molecule has 98 valence electrons. The molecule has 3 nitrogen and oxygen atoms in total. The average molecular weight is 292 g/mol. The molecule has 0 N–H and O–H groups in total. The van der Waals surface area contributed by atoms with Gasteiger partial charge in [0.2, 0.25) is 0 Å². The molecule has 19 heavy (non-hydrogen) atoms. The number of rotatable bonds is 3. The Morgan fingerprint density at radius 1 is 1.32 bits per heavy atom. The van der Waals surface area contributed by atoms with Gasteiger partial charge in [-0.3, -0.25) is 4.57 Å². The normalized spacial score (nSPS) is 11.6. The Kier molecular flexibility index (Phi) is 3.29. The third kappa shape index (κ3) is 2.38. The predicted molar refractivity (Wildman–Crippen MR) is 80.3 cm³/mol. The van der Waals surface area contributed by atoms with Crippen LogP contribution in [0.15, 0.2) is 30.5 Å². The van der Waals surface area contributed by atoms with Crippen molar-refractivity contribution in [1.82, 2.24) is 14.5 Å². The maximum Gasteiger partial charge on any atom is 0.165 e. The number of aromatic nitrogens is 3. The van der Waals surface area contributed by atoms with Gasteiger partial charge in [0.05, 0.1) is 4.34 Å². The number of halogens is 1. The molecule has 3 heterocycles. The van der Waals surface area contributed by atoms with Gasteiger partial charge in [0.25, 0.3) is 0 Å². The van der Waals surface area contributed by atoms with Gasteiger partial charge < -0.3 is 0 Å². The van der Waals surface area contributed by atoms with E-state index in [1.165, 1.54) is 0 Å². The first-order valence-electron chi connectivity index (χ1n) is 6.23. The Hall–Kier alpha value is -1.39. The van der Waals surface area contributed by atoms with E-state index in [9.17, 15) is 0 Å². The van der Waals surface area contributed by atoms with Crippen LogP contribution >= 0.6 is 22.9 Å². The molecule has 0 radical (unpaired) electrons. The van der Waals surface area contributed by atoms with E-state index >= 15 is 0 Å². The van der Waals surface area contributed by atoms with Crippen molar-refractivity contribution in [3.05, 3.63) is 40.6 Å². The summed E-state index contributed by atoms with van der Waals surface area (Å²) in [6.07, 6.45) is 2.72. The summed E-state index contributed by atoms with van der Waals surface area (Å²) in [5, 5.41) is 1.07. The van der Waals surface area contributed by atoms with Crippen LogP contribution in [0, 0.1) is 5.92 Å². The lowest BCUT2D eigenvalue weighted by Crippen LogP contribution is -2.04. The Balaban J connectivity index is 2.24. The van der Waals surface area contributed by atoms with Crippen molar-refractivity contribution in [1.29, 1.82) is 0 Å². The van der Waals surface area contributed by atoms with Crippen LogP contribution in [-0.4, -0.2) is 14.5 Å². The molecule has 0 aliphatic rings. The zero-order valence-corrected chi connectivity index (χ0v) is 12.4. The summed E-state index contributed by atoms with van der Waals surface area (Å²) < 4.78 is 2.90. The monoisotopic (exact) mass is 291 g/mol. The van der Waals surface area contributed by atoms with Crippen molar-refractivity contribution >= 4 is 34.1 Å². The Morgan fingerprint density at radius 3 is 2.84 bits per heavy atom. The van der Waals surface area contributed by atoms with Crippen LogP contribution in [0.4, 0.5) is 0 Å². The zero-order valence-electron chi connectivity index (χ0n) is 10.8. The molecular formula is C14H14ClN3S. The van der Waals surface area contributed by atoms with Crippen molar-refractivity contribution in [2.45, 2.75) is 20.3 Å². The lowest BCUT2D eigenvalue weighted by molar-refractivity contribution is 0.617. The number of pyridine rings is 1. The van der Waals surface area contributed by atoms with Crippen LogP contribution < -0.4 is 0 Å². The van der Waals surface area contributed by atoms with Gasteiger partial charge in [0.1, 0.15) is 16.3 Å². The van der Waals surface area contributed by atoms with Gasteiger partial charge in [0.15, 0.2) is 5.65 Å². The highest BCUT2D eigenvalue weighted by Crippen LogP contribution is 2.29. The van der Waals surface area contributed by atoms with Gasteiger partial charge in [-0.25, -0.2) is 9.97 Å². The molecule has 3 rings (SSSR count). The smallest absolute Gasteiger partial charge is 0.165 e. The maximum absolute atomic E-state index is 6.05. The highest BCUT2D eigenvalue weighted by molar-refractivity contribution is 7.18. The Labute approximate surface area is 120 Å². The van der Waals surface area contributed by atoms with E-state index in [1.807, 2.05) is 24.3 Å². The quantitative estimate of drug-likeness (QED) is 0.719. The molecule has 0 fully saturated rings. The summed E-state index contributed by atoms with van der Waals surface area (Å²) in [7, 11) is 0. The second-order valence-electron chi connectivity index (χ2n) is 4.89. The molecular weight excluding hydrogens is 278 g/mol. The maximum atomic E-state index is 6.05. The molecule has 0 aliphatic carbocycles. The molecule has 0 amide bonds. The van der Waals surface area contributed by atoms with Crippen LogP contribution in [0.1, 0.15) is 19.7 Å². The summed E-state index contributed by atoms with van der Waals surface area (Å²) in [4.78, 5) is 9.16. The Morgan fingerprint density at radius 2 is 2.16 bits per heavy atom. The molecule has 3 aromatic rings. The third-order valence-electron chi connectivity index (χ3n) is 2.86. The minimum absolute atomic E-state index is 0.547. The van der Waals surface area contributed by atoms with Gasteiger partial charge in [0, 0.05) is 12.6 Å². The van der Waals surface area contributed by atoms with E-state index in [0.717, 1.165) is 32.7 Å². The SMILES string of the molecule is CC(C)Cc1nc2cccnc2n1-c1ccc(Cl)s1. The molecule has 0 bridgehead atoms. The zero-order chi connectivity index (χ0) is 13.4. The van der Waals surface area contributed by atoms with E-state index in [2.05, 4.69) is 23.4 Å². The van der Waals surface area contributed by atoms with Crippen LogP contribution in [-0.2, 0) is 6.42 Å². The van der Waals surface area contributed by atoms with E-state index in [0.29, 0.717) is 5.92 Å². The lowest BCUT2D eigenvalue weighted by Gasteiger charge is -2.07. The molecule has 0 saturated carbocycles. The number of imidazole rings is 1. The molecule has 3 aromatic heterocycles. The van der Waals surface area contributed by atoms with Gasteiger partial charge >= 0.3 is 0 Å². The summed E-state index contributed by atoms with van der Waals surface area (Å²) in [6.45, 7) is 4.39. The van der Waals surface area contributed by atoms with Gasteiger partial charge in [-0.15, -0.1) is 11.3 Å². The molecule has 0 unspecified atom stereocenters. The lowest BCUT2D eigenvalue weighted by atomic mass is 10.1. The minimum atomic E-state index is 0.547. The number of thiophene rings is 1. The Bertz CT molecular complexity index is 714. The highest BCUT2D eigenvalue weighted by atomic mass is 35.5. The summed E-state index contributed by atoms with van der Waals surface area (Å²) >= 11 is 7.60. The molecule has 0 atom stereocenters. The average Bonchev–Trinajstić information content (AvgIpc) is 2.91. The van der Waals surface area contributed by atoms with Crippen LogP contribution in [0.5, 0.6) is 0 Å². The number of hydrogen-bond donors (Lipinski definition) is 0. The van der Waals surface area contributed by atoms with Gasteiger partial charge in [-0.2, -0.15) is 0 Å². The van der Waals surface area contributed by atoms with Crippen LogP contribution in [0.25, 0.3) is 16.2 Å². The van der Waals surface area contributed by atoms with E-state index in [4.69, 9.17) is 16.6 Å². The summed E-state index contributed by atoms with van der Waals surface area (Å²) in [6, 6.07) is 7.85. The number of hydrogen-bond acceptors (Lipinski definition) is 3. The van der Waals surface area contributed by atoms with Crippen molar-refractivity contribution in [2.75, 3.05) is 0 Å². The first kappa shape index (κ1) is 12.6. The topological polar surface area (TPSA) is 30.7 Å². The van der Waals surface area contributed by atoms with Crippen molar-refractivity contribution in [3.8, 4) is 5.00 Å². The fourth-order valence-electron chi connectivity index (χ4n) is 2.12. The number of nitrogens with zero attached hydrogens (tertiary/aromatic N) is 3. The standard InChI is InChI=1S/C14H14ClN3S/c1-9(2)8-12-17-10-4-3-7-16-14(10)18(12)13-6-5-11(15)19-13/h3-7,9H,8H2,1-2H3. The first-order valence-corrected chi connectivity index (χ1v) is 7.42. The molecule has 0 aromatic carbocycles. The summed E-state index contributed by atoms with van der Waals surface area (Å²) in [5.74, 6) is 1.59. The molecule has 0 aliphatic heterocycles. The fourth-order valence-corrected chi connectivity index (χ4v) is 3.17. The predicted octanol–water partition coefficient (Wildman–Crippen LogP) is 4.33. The molecule has 5 heteroatoms. The van der Waals surface area contributed by atoms with Crippen molar-refractivity contribution in [3.63, 3.8) is 0 Å². The minimum Gasteiger partial charge on any atom is -0.271 e. The van der Waals surface area contributed by atoms with E-state index in [-0.39, 0.29) is 0 Å². The van der Waals surface area contributed by atoms with Crippen molar-refractivity contribution in [2.24, 2.45) is 5.92 Å². The summed E-state index contributed by atoms with van der Waals surface area (Å²) in [5.41, 5.74) is 1.83. The third-order valence-corrected chi connectivity index (χ3v) is 4.07. The molecule has 0 saturated heterocycles. The van der Waals surface area contributed by atoms with Crippen molar-refractivity contribution < 1.29 is 0 Å². The highest BCUT2D eigenvalue weighted by Gasteiger charge is 2.15. The number of fused-ring (bicyclic) bond motifs is 1.